The molecule has 138 valence electrons. The molecule has 0 unspecified atom stereocenters. The summed E-state index contributed by atoms with van der Waals surface area (Å²) in [4.78, 5) is 14.6. The molecule has 0 radical (unpaired) electrons. The molecule has 0 bridgehead atoms. The maximum Gasteiger partial charge on any atom is 0.244 e. The summed E-state index contributed by atoms with van der Waals surface area (Å²) in [6.45, 7) is 4.69. The maximum atomic E-state index is 12.7. The van der Waals surface area contributed by atoms with E-state index in [4.69, 9.17) is 9.47 Å². The van der Waals surface area contributed by atoms with Crippen LogP contribution in [-0.4, -0.2) is 52.0 Å². The molecule has 2 aliphatic rings. The average Bonchev–Trinajstić information content (AvgIpc) is 3.36. The van der Waals surface area contributed by atoms with E-state index in [1.807, 2.05) is 36.2 Å². The molecule has 1 spiro atoms. The number of aryl methyl sites for hydroxylation is 1. The van der Waals surface area contributed by atoms with Crippen molar-refractivity contribution < 1.29 is 14.3 Å². The third-order valence-electron chi connectivity index (χ3n) is 5.27. The van der Waals surface area contributed by atoms with E-state index in [1.54, 1.807) is 10.9 Å². The number of hydrogen-bond acceptors (Lipinski definition) is 4. The zero-order chi connectivity index (χ0) is 18.0. The van der Waals surface area contributed by atoms with Crippen molar-refractivity contribution in [2.45, 2.75) is 44.6 Å². The van der Waals surface area contributed by atoms with Crippen LogP contribution in [-0.2, 0) is 27.4 Å². The van der Waals surface area contributed by atoms with Gasteiger partial charge in [-0.05, 0) is 30.9 Å². The maximum absolute atomic E-state index is 12.7. The minimum Gasteiger partial charge on any atom is -0.370 e. The molecule has 2 fully saturated rings. The lowest BCUT2D eigenvalue weighted by Crippen LogP contribution is -2.42. The molecule has 2 aliphatic heterocycles. The second kappa shape index (κ2) is 7.21. The molecule has 2 aromatic rings. The number of rotatable bonds is 5. The van der Waals surface area contributed by atoms with Gasteiger partial charge in [0.25, 0.3) is 0 Å². The molecule has 0 aliphatic carbocycles. The number of hydrogen-bond donors (Lipinski definition) is 0. The Morgan fingerprint density at radius 3 is 2.92 bits per heavy atom. The predicted octanol–water partition coefficient (Wildman–Crippen LogP) is 2.17. The van der Waals surface area contributed by atoms with Crippen molar-refractivity contribution in [3.05, 3.63) is 53.9 Å². The molecule has 2 atom stereocenters. The molecule has 4 rings (SSSR count). The summed E-state index contributed by atoms with van der Waals surface area (Å²) in [5, 5.41) is 4.22. The van der Waals surface area contributed by atoms with Gasteiger partial charge < -0.3 is 14.4 Å². The van der Waals surface area contributed by atoms with Gasteiger partial charge in [-0.1, -0.05) is 30.3 Å². The smallest absolute Gasteiger partial charge is 0.244 e. The van der Waals surface area contributed by atoms with Crippen LogP contribution in [0.25, 0.3) is 0 Å². The standard InChI is InChI=1S/C20H25N3O3/c1-16-10-21-23(11-16)13-19(24)22-12-18(20(15-22)8-5-9-26-20)25-14-17-6-3-2-4-7-17/h2-4,6-7,10-11,18H,5,8-9,12-15H2,1H3/t18-,20-/m0/s1. The number of ether oxygens (including phenoxy) is 2. The van der Waals surface area contributed by atoms with Crippen LogP contribution < -0.4 is 0 Å². The van der Waals surface area contributed by atoms with E-state index in [1.165, 1.54) is 0 Å². The highest BCUT2D eigenvalue weighted by Crippen LogP contribution is 2.37. The summed E-state index contributed by atoms with van der Waals surface area (Å²) < 4.78 is 14.0. The van der Waals surface area contributed by atoms with Gasteiger partial charge in [-0.15, -0.1) is 0 Å². The first-order valence-corrected chi connectivity index (χ1v) is 9.21. The molecule has 0 N–H and O–H groups in total. The van der Waals surface area contributed by atoms with Crippen LogP contribution in [0.4, 0.5) is 0 Å². The van der Waals surface area contributed by atoms with Crippen molar-refractivity contribution in [1.82, 2.24) is 14.7 Å². The van der Waals surface area contributed by atoms with Gasteiger partial charge in [-0.3, -0.25) is 9.48 Å². The zero-order valence-corrected chi connectivity index (χ0v) is 15.1. The molecule has 1 amide bonds. The van der Waals surface area contributed by atoms with Gasteiger partial charge in [0.05, 0.1) is 19.3 Å². The molecule has 2 saturated heterocycles. The number of likely N-dealkylation sites (tertiary alicyclic amines) is 1. The topological polar surface area (TPSA) is 56.6 Å². The predicted molar refractivity (Wildman–Crippen MR) is 96.5 cm³/mol. The van der Waals surface area contributed by atoms with Gasteiger partial charge in [0.1, 0.15) is 18.2 Å². The number of amides is 1. The van der Waals surface area contributed by atoms with Crippen LogP contribution in [0.3, 0.4) is 0 Å². The largest absolute Gasteiger partial charge is 0.370 e. The number of aromatic nitrogens is 2. The van der Waals surface area contributed by atoms with Gasteiger partial charge in [-0.25, -0.2) is 0 Å². The van der Waals surface area contributed by atoms with E-state index in [0.717, 1.165) is 30.6 Å². The molecule has 6 nitrogen and oxygen atoms in total. The first-order valence-electron chi connectivity index (χ1n) is 9.21. The fourth-order valence-electron chi connectivity index (χ4n) is 3.91. The van der Waals surface area contributed by atoms with E-state index in [0.29, 0.717) is 19.7 Å². The number of carbonyl (C=O) groups excluding carboxylic acids is 1. The molecule has 1 aromatic carbocycles. The van der Waals surface area contributed by atoms with E-state index in [2.05, 4.69) is 17.2 Å². The van der Waals surface area contributed by atoms with Crippen molar-refractivity contribution in [1.29, 1.82) is 0 Å². The minimum atomic E-state index is -0.357. The molecule has 26 heavy (non-hydrogen) atoms. The first-order chi connectivity index (χ1) is 12.6. The summed E-state index contributed by atoms with van der Waals surface area (Å²) in [6, 6.07) is 10.1. The third-order valence-corrected chi connectivity index (χ3v) is 5.27. The van der Waals surface area contributed by atoms with Crippen molar-refractivity contribution in [3.63, 3.8) is 0 Å². The Balaban J connectivity index is 1.43. The molecule has 0 saturated carbocycles. The van der Waals surface area contributed by atoms with Gasteiger partial charge in [-0.2, -0.15) is 5.10 Å². The lowest BCUT2D eigenvalue weighted by Gasteiger charge is -2.28. The van der Waals surface area contributed by atoms with Gasteiger partial charge in [0, 0.05) is 19.3 Å². The van der Waals surface area contributed by atoms with Crippen molar-refractivity contribution >= 4 is 5.91 Å². The van der Waals surface area contributed by atoms with Crippen LogP contribution in [0.2, 0.25) is 0 Å². The van der Waals surface area contributed by atoms with Gasteiger partial charge >= 0.3 is 0 Å². The second-order valence-electron chi connectivity index (χ2n) is 7.29. The van der Waals surface area contributed by atoms with E-state index in [-0.39, 0.29) is 24.2 Å². The highest BCUT2D eigenvalue weighted by Gasteiger charge is 2.51. The zero-order valence-electron chi connectivity index (χ0n) is 15.1. The molecular formula is C20H25N3O3. The highest BCUT2D eigenvalue weighted by molar-refractivity contribution is 5.76. The second-order valence-corrected chi connectivity index (χ2v) is 7.29. The Morgan fingerprint density at radius 2 is 2.23 bits per heavy atom. The number of benzene rings is 1. The molecular weight excluding hydrogens is 330 g/mol. The lowest BCUT2D eigenvalue weighted by molar-refractivity contribution is -0.132. The van der Waals surface area contributed by atoms with Gasteiger partial charge in [0.2, 0.25) is 5.91 Å². The van der Waals surface area contributed by atoms with Crippen molar-refractivity contribution in [3.8, 4) is 0 Å². The number of nitrogens with zero attached hydrogens (tertiary/aromatic N) is 3. The summed E-state index contributed by atoms with van der Waals surface area (Å²) in [5.41, 5.74) is 1.83. The monoisotopic (exact) mass is 355 g/mol. The molecule has 1 aromatic heterocycles. The fraction of sp³-hybridized carbons (Fsp3) is 0.500. The summed E-state index contributed by atoms with van der Waals surface area (Å²) in [5.74, 6) is 0.0637. The quantitative estimate of drug-likeness (QED) is 0.825. The van der Waals surface area contributed by atoms with E-state index >= 15 is 0 Å². The average molecular weight is 355 g/mol. The van der Waals surface area contributed by atoms with E-state index in [9.17, 15) is 4.79 Å². The van der Waals surface area contributed by atoms with Gasteiger partial charge in [0.15, 0.2) is 0 Å². The SMILES string of the molecule is Cc1cnn(CC(=O)N2C[C@H](OCc3ccccc3)[C@]3(CCCO3)C2)c1. The minimum absolute atomic E-state index is 0.0637. The van der Waals surface area contributed by atoms with Crippen molar-refractivity contribution in [2.24, 2.45) is 0 Å². The Kier molecular flexibility index (Phi) is 4.78. The highest BCUT2D eigenvalue weighted by atomic mass is 16.6. The van der Waals surface area contributed by atoms with Crippen molar-refractivity contribution in [2.75, 3.05) is 19.7 Å². The summed E-state index contributed by atoms with van der Waals surface area (Å²) >= 11 is 0. The fourth-order valence-corrected chi connectivity index (χ4v) is 3.91. The van der Waals surface area contributed by atoms with Crippen LogP contribution in [0.5, 0.6) is 0 Å². The van der Waals surface area contributed by atoms with E-state index < -0.39 is 0 Å². The summed E-state index contributed by atoms with van der Waals surface area (Å²) in [6.07, 6.45) is 5.53. The van der Waals surface area contributed by atoms with Crippen LogP contribution >= 0.6 is 0 Å². The third kappa shape index (κ3) is 3.52. The first kappa shape index (κ1) is 17.2. The Labute approximate surface area is 153 Å². The van der Waals surface area contributed by atoms with Crippen LogP contribution in [0.15, 0.2) is 42.7 Å². The molecule has 6 heteroatoms. The summed E-state index contributed by atoms with van der Waals surface area (Å²) in [7, 11) is 0. The Bertz CT molecular complexity index is 753. The number of carbonyl (C=O) groups is 1. The molecule has 3 heterocycles. The van der Waals surface area contributed by atoms with Crippen LogP contribution in [0.1, 0.15) is 24.0 Å². The lowest BCUT2D eigenvalue weighted by atomic mass is 9.96. The van der Waals surface area contributed by atoms with Crippen LogP contribution in [0, 0.1) is 6.92 Å². The normalized spacial score (nSPS) is 25.3. The Hall–Kier alpha value is -2.18. The Morgan fingerprint density at radius 1 is 1.38 bits per heavy atom.